The number of rotatable bonds is 0. The minimum Gasteiger partial charge on any atom is -0.457 e. The fraction of sp³-hybridized carbons (Fsp3) is 0.0400. The van der Waals surface area contributed by atoms with E-state index in [2.05, 4.69) is 72.8 Å². The summed E-state index contributed by atoms with van der Waals surface area (Å²) in [6, 6.07) is 31.6. The lowest BCUT2D eigenvalue weighted by molar-refractivity contribution is 0.436. The van der Waals surface area contributed by atoms with Crippen LogP contribution in [0.1, 0.15) is 22.3 Å². The Bertz CT molecular complexity index is 1180. The average molecular weight is 367 g/mol. The van der Waals surface area contributed by atoms with E-state index < -0.39 is 0 Å². The van der Waals surface area contributed by atoms with E-state index in [9.17, 15) is 0 Å². The predicted octanol–water partition coefficient (Wildman–Crippen LogP) is 6.81. The highest BCUT2D eigenvalue weighted by atomic mass is 35.5. The highest BCUT2D eigenvalue weighted by Crippen LogP contribution is 2.61. The van der Waals surface area contributed by atoms with Crippen molar-refractivity contribution in [1.82, 2.24) is 0 Å². The van der Waals surface area contributed by atoms with Gasteiger partial charge in [0.2, 0.25) is 0 Å². The Labute approximate surface area is 162 Å². The topological polar surface area (TPSA) is 9.23 Å². The van der Waals surface area contributed by atoms with Gasteiger partial charge in [0.25, 0.3) is 0 Å². The van der Waals surface area contributed by atoms with Crippen LogP contribution in [0.25, 0.3) is 11.1 Å². The van der Waals surface area contributed by atoms with Crippen LogP contribution < -0.4 is 4.74 Å². The van der Waals surface area contributed by atoms with Gasteiger partial charge in [0, 0.05) is 16.1 Å². The van der Waals surface area contributed by atoms with Gasteiger partial charge in [-0.2, -0.15) is 0 Å². The second-order valence-corrected chi connectivity index (χ2v) is 7.52. The standard InChI is InChI=1S/C25H15ClO/c26-16-13-14-20-18(15-16)17-7-1-2-8-19(17)25(20)21-9-3-5-11-23(21)27-24-12-6-4-10-22(24)25/h1-15H. The van der Waals surface area contributed by atoms with Gasteiger partial charge in [-0.1, -0.05) is 78.3 Å². The van der Waals surface area contributed by atoms with Gasteiger partial charge in [-0.05, 0) is 46.5 Å². The summed E-state index contributed by atoms with van der Waals surface area (Å²) in [6.07, 6.45) is 0. The lowest BCUT2D eigenvalue weighted by Crippen LogP contribution is -2.32. The summed E-state index contributed by atoms with van der Waals surface area (Å²) in [5, 5.41) is 0.759. The first-order valence-electron chi connectivity index (χ1n) is 9.07. The second kappa shape index (κ2) is 5.25. The van der Waals surface area contributed by atoms with Crippen molar-refractivity contribution in [3.63, 3.8) is 0 Å². The molecule has 0 amide bonds. The molecule has 1 spiro atoms. The van der Waals surface area contributed by atoms with E-state index in [4.69, 9.17) is 16.3 Å². The zero-order valence-electron chi connectivity index (χ0n) is 14.4. The molecule has 0 N–H and O–H groups in total. The summed E-state index contributed by atoms with van der Waals surface area (Å²) in [6.45, 7) is 0. The van der Waals surface area contributed by atoms with Gasteiger partial charge < -0.3 is 4.74 Å². The van der Waals surface area contributed by atoms with Crippen LogP contribution in [0, 0.1) is 0 Å². The van der Waals surface area contributed by atoms with E-state index in [-0.39, 0.29) is 5.41 Å². The van der Waals surface area contributed by atoms with E-state index in [1.54, 1.807) is 0 Å². The largest absolute Gasteiger partial charge is 0.457 e. The molecule has 128 valence electrons. The average Bonchev–Trinajstić information content (AvgIpc) is 2.99. The molecule has 0 unspecified atom stereocenters. The number of ether oxygens (including phenoxy) is 1. The van der Waals surface area contributed by atoms with E-state index in [0.29, 0.717) is 0 Å². The molecule has 27 heavy (non-hydrogen) atoms. The maximum Gasteiger partial charge on any atom is 0.132 e. The van der Waals surface area contributed by atoms with Gasteiger partial charge in [-0.3, -0.25) is 0 Å². The molecule has 0 aromatic heterocycles. The smallest absolute Gasteiger partial charge is 0.132 e. The first kappa shape index (κ1) is 15.1. The van der Waals surface area contributed by atoms with Crippen molar-refractivity contribution < 1.29 is 4.74 Å². The van der Waals surface area contributed by atoms with Crippen LogP contribution in [0.3, 0.4) is 0 Å². The molecular weight excluding hydrogens is 352 g/mol. The molecular formula is C25H15ClO. The molecule has 2 heteroatoms. The summed E-state index contributed by atoms with van der Waals surface area (Å²) in [4.78, 5) is 0. The molecule has 4 aromatic carbocycles. The van der Waals surface area contributed by atoms with Crippen LogP contribution in [0.4, 0.5) is 0 Å². The number of hydrogen-bond donors (Lipinski definition) is 0. The Morgan fingerprint density at radius 1 is 0.556 bits per heavy atom. The third-order valence-corrected chi connectivity index (χ3v) is 6.04. The van der Waals surface area contributed by atoms with Crippen molar-refractivity contribution in [1.29, 1.82) is 0 Å². The zero-order chi connectivity index (χ0) is 18.0. The lowest BCUT2D eigenvalue weighted by Gasteiger charge is -2.39. The molecule has 6 rings (SSSR count). The van der Waals surface area contributed by atoms with Crippen LogP contribution in [-0.4, -0.2) is 0 Å². The van der Waals surface area contributed by atoms with Gasteiger partial charge in [-0.25, -0.2) is 0 Å². The van der Waals surface area contributed by atoms with E-state index >= 15 is 0 Å². The van der Waals surface area contributed by atoms with E-state index in [1.807, 2.05) is 18.2 Å². The van der Waals surface area contributed by atoms with E-state index in [0.717, 1.165) is 16.5 Å². The Balaban J connectivity index is 1.86. The Kier molecular flexibility index (Phi) is 2.93. The third kappa shape index (κ3) is 1.80. The third-order valence-electron chi connectivity index (χ3n) is 5.81. The minimum absolute atomic E-state index is 0.387. The fourth-order valence-corrected chi connectivity index (χ4v) is 5.00. The number of hydrogen-bond acceptors (Lipinski definition) is 1. The molecule has 0 bridgehead atoms. The molecule has 0 radical (unpaired) electrons. The van der Waals surface area contributed by atoms with Crippen LogP contribution >= 0.6 is 11.6 Å². The number of para-hydroxylation sites is 2. The van der Waals surface area contributed by atoms with Gasteiger partial charge in [-0.15, -0.1) is 0 Å². The normalized spacial score (nSPS) is 14.7. The van der Waals surface area contributed by atoms with Gasteiger partial charge in [0.1, 0.15) is 11.5 Å². The van der Waals surface area contributed by atoms with Gasteiger partial charge in [0.05, 0.1) is 5.41 Å². The van der Waals surface area contributed by atoms with Crippen molar-refractivity contribution in [3.05, 3.63) is 118 Å². The molecule has 0 saturated heterocycles. The van der Waals surface area contributed by atoms with Gasteiger partial charge >= 0.3 is 0 Å². The van der Waals surface area contributed by atoms with Crippen molar-refractivity contribution in [2.24, 2.45) is 0 Å². The number of benzene rings is 4. The van der Waals surface area contributed by atoms with Crippen molar-refractivity contribution in [3.8, 4) is 22.6 Å². The first-order valence-corrected chi connectivity index (χ1v) is 9.45. The molecule has 1 nitrogen and oxygen atoms in total. The second-order valence-electron chi connectivity index (χ2n) is 7.08. The van der Waals surface area contributed by atoms with Crippen molar-refractivity contribution in [2.75, 3.05) is 0 Å². The summed E-state index contributed by atoms with van der Waals surface area (Å²) < 4.78 is 6.29. The zero-order valence-corrected chi connectivity index (χ0v) is 15.2. The molecule has 0 fully saturated rings. The number of halogens is 1. The Hall–Kier alpha value is -3.03. The van der Waals surface area contributed by atoms with Crippen LogP contribution in [0.2, 0.25) is 5.02 Å². The first-order chi connectivity index (χ1) is 13.3. The maximum absolute atomic E-state index is 6.39. The summed E-state index contributed by atoms with van der Waals surface area (Å²) >= 11 is 6.39. The molecule has 1 aliphatic carbocycles. The minimum atomic E-state index is -0.387. The number of fused-ring (bicyclic) bond motifs is 9. The lowest BCUT2D eigenvalue weighted by atomic mass is 9.66. The molecule has 0 saturated carbocycles. The quantitative estimate of drug-likeness (QED) is 0.287. The Morgan fingerprint density at radius 3 is 1.81 bits per heavy atom. The molecule has 0 atom stereocenters. The SMILES string of the molecule is Clc1ccc2c(c1)-c1ccccc1C21c2ccccc2Oc2ccccc21. The van der Waals surface area contributed by atoms with Crippen LogP contribution in [0.15, 0.2) is 91.0 Å². The molecule has 1 heterocycles. The highest BCUT2D eigenvalue weighted by Gasteiger charge is 2.50. The maximum atomic E-state index is 6.39. The fourth-order valence-electron chi connectivity index (χ4n) is 4.83. The van der Waals surface area contributed by atoms with Crippen molar-refractivity contribution in [2.45, 2.75) is 5.41 Å². The summed E-state index contributed by atoms with van der Waals surface area (Å²) in [5.41, 5.74) is 6.95. The van der Waals surface area contributed by atoms with Crippen molar-refractivity contribution >= 4 is 11.6 Å². The van der Waals surface area contributed by atoms with Gasteiger partial charge in [0.15, 0.2) is 0 Å². The van der Waals surface area contributed by atoms with E-state index in [1.165, 1.54) is 33.4 Å². The van der Waals surface area contributed by atoms with Crippen LogP contribution in [-0.2, 0) is 5.41 Å². The predicted molar refractivity (Wildman–Crippen MR) is 109 cm³/mol. The monoisotopic (exact) mass is 366 g/mol. The molecule has 1 aliphatic heterocycles. The van der Waals surface area contributed by atoms with Crippen LogP contribution in [0.5, 0.6) is 11.5 Å². The molecule has 2 aliphatic rings. The summed E-state index contributed by atoms with van der Waals surface area (Å²) in [7, 11) is 0. The highest BCUT2D eigenvalue weighted by molar-refractivity contribution is 6.31. The Morgan fingerprint density at radius 2 is 1.11 bits per heavy atom. The molecule has 4 aromatic rings. The summed E-state index contributed by atoms with van der Waals surface area (Å²) in [5.74, 6) is 1.82.